The summed E-state index contributed by atoms with van der Waals surface area (Å²) in [6.07, 6.45) is 1.73. The molecule has 0 bridgehead atoms. The van der Waals surface area contributed by atoms with Gasteiger partial charge < -0.3 is 0 Å². The van der Waals surface area contributed by atoms with Gasteiger partial charge in [-0.15, -0.1) is 0 Å². The number of benzene rings is 2. The number of carbonyl (C=O) groups excluding carboxylic acids is 1. The van der Waals surface area contributed by atoms with Crippen LogP contribution in [0.15, 0.2) is 41.5 Å². The summed E-state index contributed by atoms with van der Waals surface area (Å²) in [7, 11) is 0. The first-order valence-electron chi connectivity index (χ1n) is 4.73. The van der Waals surface area contributed by atoms with Gasteiger partial charge in [0.05, 0.1) is 16.9 Å². The van der Waals surface area contributed by atoms with E-state index in [9.17, 15) is 4.79 Å². The molecule has 0 aliphatic heterocycles. The van der Waals surface area contributed by atoms with Crippen molar-refractivity contribution in [2.75, 3.05) is 5.43 Å². The summed E-state index contributed by atoms with van der Waals surface area (Å²) in [5.41, 5.74) is 3.39. The highest BCUT2D eigenvalue weighted by molar-refractivity contribution is 6.38. The number of fused-ring (bicyclic) bond motifs is 1. The highest BCUT2D eigenvalue weighted by Gasteiger charge is 2.03. The number of anilines is 1. The average Bonchev–Trinajstić information content (AvgIpc) is 2.33. The zero-order valence-corrected chi connectivity index (χ0v) is 9.11. The van der Waals surface area contributed by atoms with Crippen LogP contribution in [-0.4, -0.2) is 12.5 Å². The topological polar surface area (TPSA) is 41.5 Å². The summed E-state index contributed by atoms with van der Waals surface area (Å²) < 4.78 is 0. The molecule has 4 heteroatoms. The molecule has 0 aliphatic carbocycles. The lowest BCUT2D eigenvalue weighted by Gasteiger charge is -2.06. The van der Waals surface area contributed by atoms with Gasteiger partial charge in [0.15, 0.2) is 6.29 Å². The Morgan fingerprint density at radius 2 is 2.00 bits per heavy atom. The molecule has 2 aromatic rings. The molecule has 1 N–H and O–H groups in total. The Morgan fingerprint density at radius 1 is 1.19 bits per heavy atom. The third-order valence-electron chi connectivity index (χ3n) is 2.18. The first kappa shape index (κ1) is 10.6. The molecule has 2 rings (SSSR count). The Hall–Kier alpha value is -1.87. The molecule has 0 spiro atoms. The van der Waals surface area contributed by atoms with E-state index in [-0.39, 0.29) is 0 Å². The van der Waals surface area contributed by atoms with Gasteiger partial charge in [-0.2, -0.15) is 5.10 Å². The maximum atomic E-state index is 10.1. The number of rotatable bonds is 3. The van der Waals surface area contributed by atoms with E-state index in [4.69, 9.17) is 11.6 Å². The van der Waals surface area contributed by atoms with E-state index in [0.717, 1.165) is 17.0 Å². The van der Waals surface area contributed by atoms with Crippen LogP contribution in [0.1, 0.15) is 0 Å². The number of hydrazone groups is 1. The average molecular weight is 233 g/mol. The van der Waals surface area contributed by atoms with E-state index in [0.29, 0.717) is 17.0 Å². The zero-order valence-electron chi connectivity index (χ0n) is 8.35. The molecule has 80 valence electrons. The van der Waals surface area contributed by atoms with Gasteiger partial charge in [-0.3, -0.25) is 10.2 Å². The molecule has 0 fully saturated rings. The van der Waals surface area contributed by atoms with Gasteiger partial charge in [-0.1, -0.05) is 41.9 Å². The minimum absolute atomic E-state index is 0.598. The second-order valence-electron chi connectivity index (χ2n) is 3.17. The summed E-state index contributed by atoms with van der Waals surface area (Å²) in [6, 6.07) is 11.6. The van der Waals surface area contributed by atoms with Gasteiger partial charge in [0, 0.05) is 5.39 Å². The van der Waals surface area contributed by atoms with E-state index in [1.54, 1.807) is 0 Å². The maximum Gasteiger partial charge on any atom is 0.162 e. The molecule has 0 unspecified atom stereocenters. The molecule has 0 heterocycles. The Morgan fingerprint density at radius 3 is 2.81 bits per heavy atom. The highest BCUT2D eigenvalue weighted by atomic mass is 35.5. The third-order valence-corrected chi connectivity index (χ3v) is 2.59. The molecule has 0 saturated heterocycles. The largest absolute Gasteiger partial charge is 0.297 e. The SMILES string of the molecule is O=CC=NNc1ccc2ccccc2c1Cl. The normalized spacial score (nSPS) is 10.8. The summed E-state index contributed by atoms with van der Waals surface area (Å²) in [5, 5.41) is 6.32. The van der Waals surface area contributed by atoms with Gasteiger partial charge >= 0.3 is 0 Å². The lowest BCUT2D eigenvalue weighted by molar-refractivity contribution is -0.102. The fourth-order valence-corrected chi connectivity index (χ4v) is 1.73. The Kier molecular flexibility index (Phi) is 3.17. The molecule has 0 amide bonds. The molecule has 16 heavy (non-hydrogen) atoms. The minimum Gasteiger partial charge on any atom is -0.297 e. The van der Waals surface area contributed by atoms with Crippen LogP contribution in [0.5, 0.6) is 0 Å². The van der Waals surface area contributed by atoms with Gasteiger partial charge in [0.25, 0.3) is 0 Å². The molecule has 2 aromatic carbocycles. The van der Waals surface area contributed by atoms with Crippen molar-refractivity contribution in [1.29, 1.82) is 0 Å². The maximum absolute atomic E-state index is 10.1. The Bertz CT molecular complexity index is 552. The van der Waals surface area contributed by atoms with Crippen LogP contribution in [0, 0.1) is 0 Å². The number of aldehydes is 1. The quantitative estimate of drug-likeness (QED) is 0.502. The standard InChI is InChI=1S/C12H9ClN2O/c13-12-10-4-2-1-3-9(10)5-6-11(12)15-14-7-8-16/h1-8,15H. The number of halogens is 1. The number of nitrogens with zero attached hydrogens (tertiary/aromatic N) is 1. The zero-order chi connectivity index (χ0) is 11.4. The molecular weight excluding hydrogens is 224 g/mol. The van der Waals surface area contributed by atoms with Crippen LogP contribution >= 0.6 is 11.6 Å². The van der Waals surface area contributed by atoms with E-state index in [1.807, 2.05) is 36.4 Å². The predicted molar refractivity (Wildman–Crippen MR) is 67.1 cm³/mol. The van der Waals surface area contributed by atoms with E-state index < -0.39 is 0 Å². The summed E-state index contributed by atoms with van der Waals surface area (Å²) >= 11 is 6.20. The van der Waals surface area contributed by atoms with Gasteiger partial charge in [0.1, 0.15) is 0 Å². The van der Waals surface area contributed by atoms with Crippen LogP contribution in [0.3, 0.4) is 0 Å². The van der Waals surface area contributed by atoms with Crippen molar-refractivity contribution < 1.29 is 4.79 Å². The van der Waals surface area contributed by atoms with Crippen LogP contribution < -0.4 is 5.43 Å². The van der Waals surface area contributed by atoms with Crippen molar-refractivity contribution in [3.05, 3.63) is 41.4 Å². The number of nitrogens with one attached hydrogen (secondary N) is 1. The Balaban J connectivity index is 2.44. The van der Waals surface area contributed by atoms with Crippen LogP contribution in [-0.2, 0) is 4.79 Å². The predicted octanol–water partition coefficient (Wildman–Crippen LogP) is 3.09. The molecule has 0 aliphatic rings. The second kappa shape index (κ2) is 4.77. The van der Waals surface area contributed by atoms with Crippen molar-refractivity contribution in [3.63, 3.8) is 0 Å². The summed E-state index contributed by atoms with van der Waals surface area (Å²) in [4.78, 5) is 10.1. The first-order chi connectivity index (χ1) is 7.83. The van der Waals surface area contributed by atoms with Crippen LogP contribution in [0.4, 0.5) is 5.69 Å². The highest BCUT2D eigenvalue weighted by Crippen LogP contribution is 2.30. The Labute approximate surface area is 97.7 Å². The number of carbonyl (C=O) groups is 1. The fraction of sp³-hybridized carbons (Fsp3) is 0. The first-order valence-corrected chi connectivity index (χ1v) is 5.11. The summed E-state index contributed by atoms with van der Waals surface area (Å²) in [6.45, 7) is 0. The minimum atomic E-state index is 0.598. The van der Waals surface area contributed by atoms with Crippen LogP contribution in [0.25, 0.3) is 10.8 Å². The van der Waals surface area contributed by atoms with Crippen molar-refractivity contribution >= 4 is 40.6 Å². The molecule has 0 radical (unpaired) electrons. The molecule has 0 atom stereocenters. The van der Waals surface area contributed by atoms with Gasteiger partial charge in [-0.25, -0.2) is 0 Å². The van der Waals surface area contributed by atoms with Crippen molar-refractivity contribution in [3.8, 4) is 0 Å². The van der Waals surface area contributed by atoms with E-state index >= 15 is 0 Å². The third kappa shape index (κ3) is 2.04. The molecular formula is C12H9ClN2O. The van der Waals surface area contributed by atoms with Crippen molar-refractivity contribution in [2.24, 2.45) is 5.10 Å². The van der Waals surface area contributed by atoms with Crippen LogP contribution in [0.2, 0.25) is 5.02 Å². The van der Waals surface area contributed by atoms with E-state index in [2.05, 4.69) is 10.5 Å². The van der Waals surface area contributed by atoms with E-state index in [1.165, 1.54) is 0 Å². The number of hydrogen-bond acceptors (Lipinski definition) is 3. The number of hydrogen-bond donors (Lipinski definition) is 1. The van der Waals surface area contributed by atoms with Gasteiger partial charge in [-0.05, 0) is 11.5 Å². The van der Waals surface area contributed by atoms with Crippen molar-refractivity contribution in [2.45, 2.75) is 0 Å². The molecule has 0 aromatic heterocycles. The second-order valence-corrected chi connectivity index (χ2v) is 3.55. The van der Waals surface area contributed by atoms with Gasteiger partial charge in [0.2, 0.25) is 0 Å². The molecule has 3 nitrogen and oxygen atoms in total. The van der Waals surface area contributed by atoms with Crippen molar-refractivity contribution in [1.82, 2.24) is 0 Å². The summed E-state index contributed by atoms with van der Waals surface area (Å²) in [5.74, 6) is 0. The smallest absolute Gasteiger partial charge is 0.162 e. The fourth-order valence-electron chi connectivity index (χ4n) is 1.46. The lowest BCUT2D eigenvalue weighted by Crippen LogP contribution is -1.91. The monoisotopic (exact) mass is 232 g/mol. The lowest BCUT2D eigenvalue weighted by atomic mass is 10.1. The molecule has 0 saturated carbocycles.